The number of nitrogens with two attached hydrogens (primary N) is 1. The third-order valence-electron chi connectivity index (χ3n) is 1.71. The largest absolute Gasteiger partial charge is 0.384 e. The van der Waals surface area contributed by atoms with Crippen molar-refractivity contribution in [3.05, 3.63) is 35.4 Å². The van der Waals surface area contributed by atoms with E-state index in [-0.39, 0.29) is 0 Å². The van der Waals surface area contributed by atoms with Crippen molar-refractivity contribution in [2.75, 3.05) is 11.1 Å². The van der Waals surface area contributed by atoms with Gasteiger partial charge in [-0.2, -0.15) is 5.10 Å². The zero-order valence-corrected chi connectivity index (χ0v) is 8.05. The topological polar surface area (TPSA) is 66.7 Å². The van der Waals surface area contributed by atoms with E-state index in [2.05, 4.69) is 15.5 Å². The van der Waals surface area contributed by atoms with Crippen molar-refractivity contribution in [1.82, 2.24) is 10.2 Å². The second kappa shape index (κ2) is 3.59. The Kier molecular flexibility index (Phi) is 2.28. The van der Waals surface area contributed by atoms with Crippen LogP contribution in [0.2, 0.25) is 5.02 Å². The van der Waals surface area contributed by atoms with Crippen LogP contribution >= 0.6 is 11.6 Å². The van der Waals surface area contributed by atoms with Crippen molar-refractivity contribution in [2.24, 2.45) is 0 Å². The van der Waals surface area contributed by atoms with Gasteiger partial charge in [-0.15, -0.1) is 0 Å². The number of nitrogens with one attached hydrogen (secondary N) is 2. The predicted octanol–water partition coefficient (Wildman–Crippen LogP) is 2.39. The van der Waals surface area contributed by atoms with Gasteiger partial charge in [0.15, 0.2) is 5.82 Å². The summed E-state index contributed by atoms with van der Waals surface area (Å²) in [6.45, 7) is 0. The van der Waals surface area contributed by atoms with Gasteiger partial charge in [-0.25, -0.2) is 0 Å². The number of nitrogen functional groups attached to an aromatic ring is 1. The van der Waals surface area contributed by atoms with Crippen LogP contribution in [0, 0.1) is 0 Å². The maximum atomic E-state index is 5.75. The lowest BCUT2D eigenvalue weighted by atomic mass is 10.3. The van der Waals surface area contributed by atoms with E-state index in [0.717, 1.165) is 5.69 Å². The SMILES string of the molecule is Nc1cc(Nc2ccc(Cl)cc2)n[nH]1. The zero-order valence-electron chi connectivity index (χ0n) is 7.29. The van der Waals surface area contributed by atoms with E-state index in [9.17, 15) is 0 Å². The summed E-state index contributed by atoms with van der Waals surface area (Å²) in [5, 5.41) is 10.4. The van der Waals surface area contributed by atoms with E-state index in [1.54, 1.807) is 18.2 Å². The fraction of sp³-hybridized carbons (Fsp3) is 0. The van der Waals surface area contributed by atoms with Crippen LogP contribution in [0.15, 0.2) is 30.3 Å². The molecule has 1 aromatic heterocycles. The summed E-state index contributed by atoms with van der Waals surface area (Å²) < 4.78 is 0. The molecule has 0 saturated carbocycles. The third-order valence-corrected chi connectivity index (χ3v) is 1.97. The molecular weight excluding hydrogens is 200 g/mol. The molecule has 0 fully saturated rings. The Hall–Kier alpha value is -1.68. The first kappa shape index (κ1) is 8.90. The molecule has 0 saturated heterocycles. The van der Waals surface area contributed by atoms with Crippen molar-refractivity contribution in [3.63, 3.8) is 0 Å². The van der Waals surface area contributed by atoms with Crippen LogP contribution in [0.4, 0.5) is 17.3 Å². The smallest absolute Gasteiger partial charge is 0.154 e. The first-order chi connectivity index (χ1) is 6.74. The Morgan fingerprint density at radius 2 is 2.00 bits per heavy atom. The van der Waals surface area contributed by atoms with Gasteiger partial charge in [-0.05, 0) is 24.3 Å². The highest BCUT2D eigenvalue weighted by molar-refractivity contribution is 6.30. The molecule has 0 aliphatic rings. The van der Waals surface area contributed by atoms with Crippen molar-refractivity contribution < 1.29 is 0 Å². The molecule has 0 aliphatic heterocycles. The van der Waals surface area contributed by atoms with E-state index in [0.29, 0.717) is 16.7 Å². The summed E-state index contributed by atoms with van der Waals surface area (Å²) in [5.41, 5.74) is 6.39. The van der Waals surface area contributed by atoms with Crippen molar-refractivity contribution in [2.45, 2.75) is 0 Å². The molecule has 0 spiro atoms. The number of aromatic amines is 1. The molecule has 4 N–H and O–H groups in total. The van der Waals surface area contributed by atoms with Crippen molar-refractivity contribution >= 4 is 28.9 Å². The number of aromatic nitrogens is 2. The van der Waals surface area contributed by atoms with E-state index in [4.69, 9.17) is 17.3 Å². The average Bonchev–Trinajstić information content (AvgIpc) is 2.56. The maximum Gasteiger partial charge on any atom is 0.154 e. The second-order valence-electron chi connectivity index (χ2n) is 2.84. The van der Waals surface area contributed by atoms with Gasteiger partial charge in [0, 0.05) is 16.8 Å². The third kappa shape index (κ3) is 1.97. The van der Waals surface area contributed by atoms with Crippen LogP contribution in [0.5, 0.6) is 0 Å². The van der Waals surface area contributed by atoms with E-state index >= 15 is 0 Å². The highest BCUT2D eigenvalue weighted by atomic mass is 35.5. The normalized spacial score (nSPS) is 10.1. The first-order valence-electron chi connectivity index (χ1n) is 4.07. The van der Waals surface area contributed by atoms with Gasteiger partial charge in [-0.3, -0.25) is 5.10 Å². The number of rotatable bonds is 2. The zero-order chi connectivity index (χ0) is 9.97. The fourth-order valence-corrected chi connectivity index (χ4v) is 1.21. The summed E-state index contributed by atoms with van der Waals surface area (Å²) in [5.74, 6) is 1.21. The summed E-state index contributed by atoms with van der Waals surface area (Å²) in [6.07, 6.45) is 0. The first-order valence-corrected chi connectivity index (χ1v) is 4.45. The monoisotopic (exact) mass is 208 g/mol. The minimum absolute atomic E-state index is 0.529. The van der Waals surface area contributed by atoms with Crippen molar-refractivity contribution in [3.8, 4) is 0 Å². The van der Waals surface area contributed by atoms with E-state index < -0.39 is 0 Å². The summed E-state index contributed by atoms with van der Waals surface area (Å²) in [7, 11) is 0. The summed E-state index contributed by atoms with van der Waals surface area (Å²) in [4.78, 5) is 0. The van der Waals surface area contributed by atoms with Gasteiger partial charge in [0.1, 0.15) is 5.82 Å². The predicted molar refractivity (Wildman–Crippen MR) is 57.7 cm³/mol. The van der Waals surface area contributed by atoms with Crippen LogP contribution in [-0.2, 0) is 0 Å². The Balaban J connectivity index is 2.15. The molecule has 0 amide bonds. The minimum atomic E-state index is 0.529. The number of hydrogen-bond donors (Lipinski definition) is 3. The standard InChI is InChI=1S/C9H9ClN4/c10-6-1-3-7(4-2-6)12-9-5-8(11)13-14-9/h1-5H,(H4,11,12,13,14). The molecule has 0 unspecified atom stereocenters. The average molecular weight is 209 g/mol. The number of anilines is 3. The number of halogens is 1. The van der Waals surface area contributed by atoms with Crippen LogP contribution in [0.1, 0.15) is 0 Å². The lowest BCUT2D eigenvalue weighted by molar-refractivity contribution is 1.10. The maximum absolute atomic E-state index is 5.75. The highest BCUT2D eigenvalue weighted by Crippen LogP contribution is 2.18. The van der Waals surface area contributed by atoms with Gasteiger partial charge < -0.3 is 11.1 Å². The molecule has 14 heavy (non-hydrogen) atoms. The lowest BCUT2D eigenvalue weighted by Gasteiger charge is -2.01. The number of hydrogen-bond acceptors (Lipinski definition) is 3. The Bertz CT molecular complexity index is 421. The molecular formula is C9H9ClN4. The van der Waals surface area contributed by atoms with E-state index in [1.807, 2.05) is 12.1 Å². The molecule has 0 bridgehead atoms. The molecule has 1 aromatic carbocycles. The lowest BCUT2D eigenvalue weighted by Crippen LogP contribution is -1.89. The molecule has 72 valence electrons. The molecule has 0 aliphatic carbocycles. The van der Waals surface area contributed by atoms with Gasteiger partial charge in [-0.1, -0.05) is 11.6 Å². The Morgan fingerprint density at radius 1 is 1.29 bits per heavy atom. The molecule has 4 nitrogen and oxygen atoms in total. The van der Waals surface area contributed by atoms with Gasteiger partial charge in [0.05, 0.1) is 0 Å². The molecule has 0 radical (unpaired) electrons. The van der Waals surface area contributed by atoms with Crippen LogP contribution < -0.4 is 11.1 Å². The number of nitrogens with zero attached hydrogens (tertiary/aromatic N) is 1. The van der Waals surface area contributed by atoms with Crippen LogP contribution in [0.3, 0.4) is 0 Å². The quantitative estimate of drug-likeness (QED) is 0.710. The Labute approximate surface area is 86.1 Å². The van der Waals surface area contributed by atoms with Gasteiger partial charge in [0.2, 0.25) is 0 Å². The number of benzene rings is 1. The summed E-state index contributed by atoms with van der Waals surface area (Å²) >= 11 is 5.75. The summed E-state index contributed by atoms with van der Waals surface area (Å²) in [6, 6.07) is 9.06. The molecule has 2 aromatic rings. The van der Waals surface area contributed by atoms with Gasteiger partial charge in [0.25, 0.3) is 0 Å². The molecule has 2 rings (SSSR count). The van der Waals surface area contributed by atoms with Crippen LogP contribution in [0.25, 0.3) is 0 Å². The van der Waals surface area contributed by atoms with E-state index in [1.165, 1.54) is 0 Å². The fourth-order valence-electron chi connectivity index (χ4n) is 1.08. The van der Waals surface area contributed by atoms with Gasteiger partial charge >= 0.3 is 0 Å². The Morgan fingerprint density at radius 3 is 2.57 bits per heavy atom. The van der Waals surface area contributed by atoms with Crippen LogP contribution in [-0.4, -0.2) is 10.2 Å². The molecule has 0 atom stereocenters. The molecule has 1 heterocycles. The minimum Gasteiger partial charge on any atom is -0.384 e. The second-order valence-corrected chi connectivity index (χ2v) is 3.28. The molecule has 5 heteroatoms. The number of H-pyrrole nitrogens is 1. The van der Waals surface area contributed by atoms with Crippen molar-refractivity contribution in [1.29, 1.82) is 0 Å². The highest BCUT2D eigenvalue weighted by Gasteiger charge is 1.97.